The topological polar surface area (TPSA) is 191 Å². The predicted molar refractivity (Wildman–Crippen MR) is 129 cm³/mol. The van der Waals surface area contributed by atoms with Gasteiger partial charge in [0, 0.05) is 18.6 Å². The van der Waals surface area contributed by atoms with E-state index in [1.807, 2.05) is 0 Å². The highest BCUT2D eigenvalue weighted by atomic mass is 32.2. The van der Waals surface area contributed by atoms with E-state index < -0.39 is 29.2 Å². The lowest BCUT2D eigenvalue weighted by Crippen LogP contribution is -2.71. The fourth-order valence-electron chi connectivity index (χ4n) is 3.42. The second kappa shape index (κ2) is 10.7. The number of tetrazole rings is 1. The van der Waals surface area contributed by atoms with Crippen molar-refractivity contribution in [1.82, 2.24) is 35.4 Å². The number of carbonyl (C=O) groups is 3. The Kier molecular flexibility index (Phi) is 7.41. The second-order valence-corrected chi connectivity index (χ2v) is 9.40. The highest BCUT2D eigenvalue weighted by molar-refractivity contribution is 8.01. The van der Waals surface area contributed by atoms with Crippen molar-refractivity contribution >= 4 is 52.8 Å². The Morgan fingerprint density at radius 2 is 2.28 bits per heavy atom. The summed E-state index contributed by atoms with van der Waals surface area (Å²) in [6.07, 6.45) is 5.16. The number of hydrogen-bond acceptors (Lipinski definition) is 12. The van der Waals surface area contributed by atoms with Gasteiger partial charge in [-0.3, -0.25) is 14.5 Å². The van der Waals surface area contributed by atoms with Crippen molar-refractivity contribution < 1.29 is 24.3 Å². The van der Waals surface area contributed by atoms with Gasteiger partial charge in [-0.2, -0.15) is 0 Å². The van der Waals surface area contributed by atoms with E-state index in [9.17, 15) is 19.5 Å². The van der Waals surface area contributed by atoms with Crippen molar-refractivity contribution in [3.63, 3.8) is 0 Å². The minimum absolute atomic E-state index is 0.111. The number of carbonyl (C=O) groups excluding carboxylic acids is 2. The number of β-lactam (4-membered cyclic amide) rings is 1. The SMILES string of the molecule is C#CCO/N=C(\C(=O)NC1C(=O)N2C(C(=O)O)=C(CSc3nnnn3C)CS[C@H]12)c1cccc(N)n1. The molecule has 4 heterocycles. The maximum absolute atomic E-state index is 13.0. The molecule has 0 saturated carbocycles. The molecule has 0 bridgehead atoms. The van der Waals surface area contributed by atoms with Crippen LogP contribution < -0.4 is 11.1 Å². The number of rotatable bonds is 9. The summed E-state index contributed by atoms with van der Waals surface area (Å²) >= 11 is 2.59. The molecule has 2 atom stereocenters. The van der Waals surface area contributed by atoms with E-state index in [0.29, 0.717) is 16.5 Å². The summed E-state index contributed by atoms with van der Waals surface area (Å²) in [6, 6.07) is 3.63. The average Bonchev–Trinajstić information content (AvgIpc) is 3.27. The molecule has 0 spiro atoms. The number of amides is 2. The molecule has 1 unspecified atom stereocenters. The van der Waals surface area contributed by atoms with Crippen molar-refractivity contribution in [2.24, 2.45) is 12.2 Å². The fraction of sp³-hybridized carbons (Fsp3) is 0.300. The van der Waals surface area contributed by atoms with E-state index in [-0.39, 0.29) is 35.3 Å². The molecular formula is C20H19N9O5S2. The van der Waals surface area contributed by atoms with E-state index >= 15 is 0 Å². The molecule has 0 aromatic carbocycles. The third-order valence-corrected chi connectivity index (χ3v) is 7.46. The van der Waals surface area contributed by atoms with Crippen LogP contribution in [0.2, 0.25) is 0 Å². The van der Waals surface area contributed by atoms with Gasteiger partial charge in [0.2, 0.25) is 5.16 Å². The Labute approximate surface area is 212 Å². The lowest BCUT2D eigenvalue weighted by Gasteiger charge is -2.49. The van der Waals surface area contributed by atoms with Crippen LogP contribution in [0.5, 0.6) is 0 Å². The molecule has 4 N–H and O–H groups in total. The van der Waals surface area contributed by atoms with Crippen molar-refractivity contribution in [2.45, 2.75) is 16.6 Å². The minimum Gasteiger partial charge on any atom is -0.477 e. The Morgan fingerprint density at radius 1 is 1.47 bits per heavy atom. The molecular weight excluding hydrogens is 510 g/mol. The second-order valence-electron chi connectivity index (χ2n) is 7.36. The van der Waals surface area contributed by atoms with Gasteiger partial charge < -0.3 is 21.0 Å². The number of terminal acetylenes is 1. The largest absolute Gasteiger partial charge is 0.477 e. The monoisotopic (exact) mass is 529 g/mol. The summed E-state index contributed by atoms with van der Waals surface area (Å²) in [6.45, 7) is -0.189. The zero-order valence-corrected chi connectivity index (χ0v) is 20.3. The Balaban J connectivity index is 1.51. The molecule has 4 rings (SSSR count). The Hall–Kier alpha value is -4.10. The molecule has 2 amide bonds. The predicted octanol–water partition coefficient (Wildman–Crippen LogP) is -0.928. The standard InChI is InChI=1S/C20H19N9O5S2/c1-3-7-34-25-13(11-5-4-6-12(21)22-11)16(30)23-14-17(31)29-15(19(32)33)10(8-35-18(14)29)9-36-20-24-26-27-28(20)2/h1,4-6,14,18H,7-9H2,2H3,(H2,21,22)(H,23,30)(H,32,33)/b25-13-/t14?,18-/m1/s1. The summed E-state index contributed by atoms with van der Waals surface area (Å²) in [5, 5.41) is 27.3. The molecule has 2 aliphatic rings. The number of fused-ring (bicyclic) bond motifs is 1. The third kappa shape index (κ3) is 4.97. The van der Waals surface area contributed by atoms with Gasteiger partial charge in [-0.05, 0) is 28.1 Å². The van der Waals surface area contributed by atoms with Crippen LogP contribution in [0.1, 0.15) is 5.69 Å². The number of anilines is 1. The summed E-state index contributed by atoms with van der Waals surface area (Å²) in [4.78, 5) is 48.3. The first-order valence-electron chi connectivity index (χ1n) is 10.2. The van der Waals surface area contributed by atoms with Crippen molar-refractivity contribution in [2.75, 3.05) is 23.8 Å². The molecule has 16 heteroatoms. The summed E-state index contributed by atoms with van der Waals surface area (Å²) in [7, 11) is 1.67. The number of nitrogens with two attached hydrogens (primary N) is 1. The number of oxime groups is 1. The number of thioether (sulfide) groups is 2. The van der Waals surface area contributed by atoms with Gasteiger partial charge in [0.1, 0.15) is 28.6 Å². The first-order chi connectivity index (χ1) is 17.3. The van der Waals surface area contributed by atoms with Gasteiger partial charge in [0.15, 0.2) is 12.3 Å². The highest BCUT2D eigenvalue weighted by Crippen LogP contribution is 2.41. The first-order valence-corrected chi connectivity index (χ1v) is 12.3. The lowest BCUT2D eigenvalue weighted by atomic mass is 10.0. The van der Waals surface area contributed by atoms with Crippen molar-refractivity contribution in [3.8, 4) is 12.3 Å². The Bertz CT molecular complexity index is 1320. The number of carboxylic acid groups (broad SMARTS) is 1. The number of nitrogen functional groups attached to an aromatic ring is 1. The van der Waals surface area contributed by atoms with Gasteiger partial charge in [0.25, 0.3) is 11.8 Å². The van der Waals surface area contributed by atoms with Crippen LogP contribution in [-0.4, -0.2) is 88.2 Å². The number of carboxylic acids is 1. The van der Waals surface area contributed by atoms with Crippen LogP contribution in [-0.2, 0) is 26.3 Å². The molecule has 1 fully saturated rings. The van der Waals surface area contributed by atoms with Gasteiger partial charge in [-0.1, -0.05) is 28.9 Å². The zero-order chi connectivity index (χ0) is 25.8. The lowest BCUT2D eigenvalue weighted by molar-refractivity contribution is -0.150. The molecule has 0 aliphatic carbocycles. The Morgan fingerprint density at radius 3 is 2.94 bits per heavy atom. The molecule has 36 heavy (non-hydrogen) atoms. The quantitative estimate of drug-likeness (QED) is 0.0905. The third-order valence-electron chi connectivity index (χ3n) is 5.03. The smallest absolute Gasteiger partial charge is 0.352 e. The van der Waals surface area contributed by atoms with Crippen LogP contribution in [0, 0.1) is 12.3 Å². The molecule has 2 aromatic heterocycles. The maximum Gasteiger partial charge on any atom is 0.352 e. The molecule has 0 radical (unpaired) electrons. The molecule has 2 aromatic rings. The summed E-state index contributed by atoms with van der Waals surface area (Å²) < 4.78 is 1.46. The fourth-order valence-corrected chi connectivity index (χ4v) is 5.76. The van der Waals surface area contributed by atoms with E-state index in [2.05, 4.69) is 36.9 Å². The maximum atomic E-state index is 13.0. The number of pyridine rings is 1. The van der Waals surface area contributed by atoms with Crippen LogP contribution in [0.3, 0.4) is 0 Å². The van der Waals surface area contributed by atoms with Gasteiger partial charge >= 0.3 is 5.97 Å². The van der Waals surface area contributed by atoms with Crippen LogP contribution in [0.25, 0.3) is 0 Å². The summed E-state index contributed by atoms with van der Waals surface area (Å²) in [5.41, 5.74) is 6.03. The minimum atomic E-state index is -1.24. The number of nitrogens with one attached hydrogen (secondary N) is 1. The molecule has 1 saturated heterocycles. The van der Waals surface area contributed by atoms with E-state index in [1.54, 1.807) is 13.1 Å². The number of aromatic nitrogens is 5. The van der Waals surface area contributed by atoms with E-state index in [4.69, 9.17) is 17.0 Å². The number of hydrogen-bond donors (Lipinski definition) is 3. The molecule has 14 nitrogen and oxygen atoms in total. The first kappa shape index (κ1) is 25.0. The summed E-state index contributed by atoms with van der Waals surface area (Å²) in [5.74, 6) is 0.444. The molecule has 2 aliphatic heterocycles. The number of aliphatic carboxylic acids is 1. The van der Waals surface area contributed by atoms with Gasteiger partial charge in [-0.15, -0.1) is 23.3 Å². The van der Waals surface area contributed by atoms with Crippen LogP contribution >= 0.6 is 23.5 Å². The van der Waals surface area contributed by atoms with Crippen molar-refractivity contribution in [3.05, 3.63) is 35.2 Å². The van der Waals surface area contributed by atoms with Crippen LogP contribution in [0.15, 0.2) is 39.8 Å². The van der Waals surface area contributed by atoms with E-state index in [1.165, 1.54) is 45.2 Å². The number of nitrogens with zero attached hydrogens (tertiary/aromatic N) is 7. The van der Waals surface area contributed by atoms with Gasteiger partial charge in [0.05, 0.1) is 0 Å². The van der Waals surface area contributed by atoms with Crippen LogP contribution in [0.4, 0.5) is 5.82 Å². The average molecular weight is 530 g/mol. The van der Waals surface area contributed by atoms with E-state index in [0.717, 1.165) is 0 Å². The molecule has 186 valence electrons. The number of aryl methyl sites for hydroxylation is 1. The van der Waals surface area contributed by atoms with Gasteiger partial charge in [-0.25, -0.2) is 14.5 Å². The zero-order valence-electron chi connectivity index (χ0n) is 18.7. The highest BCUT2D eigenvalue weighted by Gasteiger charge is 2.54. The normalized spacial score (nSPS) is 19.3. The van der Waals surface area contributed by atoms with Crippen molar-refractivity contribution in [1.29, 1.82) is 0 Å².